The number of carbonyl (C=O) groups excluding carboxylic acids is 4. The Kier molecular flexibility index (Phi) is 18.4. The molecule has 88 heavy (non-hydrogen) atoms. The topological polar surface area (TPSA) is 252 Å². The van der Waals surface area contributed by atoms with Crippen LogP contribution in [0.2, 0.25) is 0 Å². The molecule has 4 heterocycles. The van der Waals surface area contributed by atoms with Gasteiger partial charge >= 0.3 is 20.6 Å². The number of fused-ring (bicyclic) bond motifs is 2. The molecule has 6 aromatic rings. The van der Waals surface area contributed by atoms with Crippen molar-refractivity contribution in [1.82, 2.24) is 40.4 Å². The molecule has 2 aromatic heterocycles. The molecule has 0 radical (unpaired) electrons. The average Bonchev–Trinajstić information content (AvgIpc) is 1.74. The van der Waals surface area contributed by atoms with Gasteiger partial charge < -0.3 is 51.2 Å². The molecule has 21 nitrogen and oxygen atoms in total. The molecule has 10 rings (SSSR count). The highest BCUT2D eigenvalue weighted by Crippen LogP contribution is 2.46. The molecule has 0 saturated heterocycles. The van der Waals surface area contributed by atoms with Crippen LogP contribution in [-0.2, 0) is 61.9 Å². The van der Waals surface area contributed by atoms with E-state index >= 15 is 0 Å². The number of rotatable bonds is 20. The van der Waals surface area contributed by atoms with Gasteiger partial charge in [0, 0.05) is 70.1 Å². The number of carbonyl (C=O) groups is 4. The molecule has 0 spiro atoms. The summed E-state index contributed by atoms with van der Waals surface area (Å²) in [7, 11) is 6.44. The third-order valence-corrected chi connectivity index (χ3v) is 17.3. The van der Waals surface area contributed by atoms with Crippen molar-refractivity contribution in [3.05, 3.63) is 129 Å². The number of aromatic nitrogens is 4. The Morgan fingerprint density at radius 3 is 1.30 bits per heavy atom. The van der Waals surface area contributed by atoms with E-state index < -0.39 is 43.4 Å². The van der Waals surface area contributed by atoms with Crippen LogP contribution < -0.4 is 41.4 Å². The molecular formula is C60H64F6N12O9P+. The van der Waals surface area contributed by atoms with Crippen LogP contribution in [-0.4, -0.2) is 95.8 Å². The molecule has 2 aliphatic carbocycles. The number of halogens is 6. The number of methoxy groups -OCH3 is 2. The highest BCUT2D eigenvalue weighted by molar-refractivity contribution is 7.33. The molecule has 464 valence electrons. The SMILES string of the molecule is CNC(=O)C1CCC(c2ccc(Nc3nc(Nc4ccc(CO[P+](=O)OCc5ccc(Nc6ncc(C(F)(F)F)c(Nc7ccc(C8CCC(C(=O)NC)CC8)c8c7C(=O)N(C)C8)n6)c(OC)c5)cc4OC)ncc3C(F)(F)F)c3c2CN(C)C3=O)CC1. The van der Waals surface area contributed by atoms with Crippen LogP contribution in [0, 0.1) is 11.8 Å². The summed E-state index contributed by atoms with van der Waals surface area (Å²) in [5.74, 6) is -2.13. The van der Waals surface area contributed by atoms with E-state index in [1.54, 1.807) is 52.5 Å². The standard InChI is InChI=1S/C60H63F6N12O9P/c1-67-53(79)35-13-9-33(10-14-35)37-17-21-45(49-39(37)27-77(3)55(49)81)71-51-41(59(61,62)63)25-69-57(75-51)73-43-19-7-31(23-47(43)84-5)29-86-88(83)87-30-32-8-20-44(48(24-32)85-6)74-58-70-26-42(60(64,65)66)52(76-58)72-46-22-18-38(40-28-78(4)56(82)50(40)46)34-11-15-36(16-12-34)54(80)68-2/h7-8,17-26,33-36H,9-16,27-30H2,1-6H3,(H5-,67,68,69,70,71,72,73,74,75,76,79,80,81,82)/p+1. The summed E-state index contributed by atoms with van der Waals surface area (Å²) >= 11 is 0. The fraction of sp³-hybridized carbons (Fsp3) is 0.400. The van der Waals surface area contributed by atoms with Crippen molar-refractivity contribution in [3.63, 3.8) is 0 Å². The maximum absolute atomic E-state index is 14.5. The van der Waals surface area contributed by atoms with E-state index in [9.17, 15) is 50.1 Å². The number of hydrogen-bond acceptors (Lipinski definition) is 17. The van der Waals surface area contributed by atoms with Crippen molar-refractivity contribution in [1.29, 1.82) is 0 Å². The molecular weight excluding hydrogens is 1180 g/mol. The average molecular weight is 1240 g/mol. The molecule has 0 atom stereocenters. The summed E-state index contributed by atoms with van der Waals surface area (Å²) < 4.78 is 122. The molecule has 2 aliphatic heterocycles. The highest BCUT2D eigenvalue weighted by Gasteiger charge is 2.41. The molecule has 4 amide bonds. The lowest BCUT2D eigenvalue weighted by molar-refractivity contribution is -0.138. The van der Waals surface area contributed by atoms with Crippen LogP contribution in [0.3, 0.4) is 0 Å². The summed E-state index contributed by atoms with van der Waals surface area (Å²) in [6.07, 6.45) is -2.97. The molecule has 0 bridgehead atoms. The van der Waals surface area contributed by atoms with Gasteiger partial charge in [0.1, 0.15) is 47.5 Å². The second-order valence-corrected chi connectivity index (χ2v) is 23.0. The Labute approximate surface area is 503 Å². The highest BCUT2D eigenvalue weighted by atomic mass is 31.1. The van der Waals surface area contributed by atoms with Gasteiger partial charge in [-0.3, -0.25) is 19.2 Å². The van der Waals surface area contributed by atoms with E-state index in [2.05, 4.69) is 51.8 Å². The van der Waals surface area contributed by atoms with Gasteiger partial charge in [-0.05, 0) is 133 Å². The van der Waals surface area contributed by atoms with E-state index in [1.807, 2.05) is 12.1 Å². The lowest BCUT2D eigenvalue weighted by atomic mass is 9.76. The van der Waals surface area contributed by atoms with E-state index in [-0.39, 0.29) is 131 Å². The quantitative estimate of drug-likeness (QED) is 0.0307. The monoisotopic (exact) mass is 1240 g/mol. The van der Waals surface area contributed by atoms with E-state index in [0.29, 0.717) is 86.0 Å². The fourth-order valence-corrected chi connectivity index (χ4v) is 12.6. The first-order valence-corrected chi connectivity index (χ1v) is 29.4. The van der Waals surface area contributed by atoms with E-state index in [4.69, 9.17) is 18.5 Å². The molecule has 2 fully saturated rings. The molecule has 4 aromatic carbocycles. The summed E-state index contributed by atoms with van der Waals surface area (Å²) in [6.45, 7) is 0.0665. The second-order valence-electron chi connectivity index (χ2n) is 22.0. The number of amides is 4. The maximum atomic E-state index is 14.5. The van der Waals surface area contributed by atoms with Crippen LogP contribution >= 0.6 is 8.25 Å². The minimum Gasteiger partial charge on any atom is -0.495 e. The largest absolute Gasteiger partial charge is 0.698 e. The van der Waals surface area contributed by atoms with E-state index in [1.165, 1.54) is 48.3 Å². The van der Waals surface area contributed by atoms with Crippen molar-refractivity contribution in [2.45, 2.75) is 102 Å². The Morgan fingerprint density at radius 1 is 0.568 bits per heavy atom. The summed E-state index contributed by atoms with van der Waals surface area (Å²) in [4.78, 5) is 71.1. The summed E-state index contributed by atoms with van der Waals surface area (Å²) in [5, 5.41) is 16.8. The minimum absolute atomic E-state index is 0.0146. The zero-order chi connectivity index (χ0) is 62.8. The first-order valence-electron chi connectivity index (χ1n) is 28.3. The number of ether oxygens (including phenoxy) is 2. The summed E-state index contributed by atoms with van der Waals surface area (Å²) in [6, 6.07) is 16.1. The number of nitrogens with zero attached hydrogens (tertiary/aromatic N) is 6. The minimum atomic E-state index is -4.88. The number of benzene rings is 4. The molecule has 4 aliphatic rings. The van der Waals surface area contributed by atoms with Crippen molar-refractivity contribution in [2.75, 3.05) is 63.7 Å². The summed E-state index contributed by atoms with van der Waals surface area (Å²) in [5.41, 5.74) is 3.14. The van der Waals surface area contributed by atoms with Crippen LogP contribution in [0.25, 0.3) is 0 Å². The third-order valence-electron chi connectivity index (χ3n) is 16.6. The van der Waals surface area contributed by atoms with Gasteiger partial charge in [0.15, 0.2) is 0 Å². The Balaban J connectivity index is 0.772. The zero-order valence-electron chi connectivity index (χ0n) is 48.8. The normalized spacial score (nSPS) is 18.5. The first kappa shape index (κ1) is 62.4. The molecule has 0 unspecified atom stereocenters. The van der Waals surface area contributed by atoms with Crippen molar-refractivity contribution in [2.24, 2.45) is 11.8 Å². The number of hydrogen-bond donors (Lipinski definition) is 6. The smallest absolute Gasteiger partial charge is 0.495 e. The van der Waals surface area contributed by atoms with Gasteiger partial charge in [-0.15, -0.1) is 9.05 Å². The van der Waals surface area contributed by atoms with Gasteiger partial charge in [0.25, 0.3) is 11.8 Å². The second kappa shape index (κ2) is 26.0. The predicted octanol–water partition coefficient (Wildman–Crippen LogP) is 11.9. The van der Waals surface area contributed by atoms with Gasteiger partial charge in [-0.25, -0.2) is 9.97 Å². The Morgan fingerprint density at radius 2 is 0.943 bits per heavy atom. The number of nitrogens with one attached hydrogen (secondary N) is 6. The van der Waals surface area contributed by atoms with Crippen LogP contribution in [0.15, 0.2) is 73.1 Å². The Hall–Kier alpha value is -8.68. The van der Waals surface area contributed by atoms with Gasteiger partial charge in [0.05, 0.1) is 48.1 Å². The zero-order valence-corrected chi connectivity index (χ0v) is 49.7. The fourth-order valence-electron chi connectivity index (χ4n) is 12.0. The third kappa shape index (κ3) is 13.4. The van der Waals surface area contributed by atoms with Crippen LogP contribution in [0.5, 0.6) is 11.5 Å². The number of alkyl halides is 6. The molecule has 2 saturated carbocycles. The van der Waals surface area contributed by atoms with Gasteiger partial charge in [-0.2, -0.15) is 36.3 Å². The predicted molar refractivity (Wildman–Crippen MR) is 312 cm³/mol. The van der Waals surface area contributed by atoms with Crippen LogP contribution in [0.4, 0.5) is 72.6 Å². The molecule has 28 heteroatoms. The van der Waals surface area contributed by atoms with Gasteiger partial charge in [-0.1, -0.05) is 24.3 Å². The lowest BCUT2D eigenvalue weighted by Crippen LogP contribution is -2.30. The maximum Gasteiger partial charge on any atom is 0.698 e. The van der Waals surface area contributed by atoms with Crippen molar-refractivity contribution >= 4 is 78.2 Å². The Bertz CT molecular complexity index is 3460. The van der Waals surface area contributed by atoms with E-state index in [0.717, 1.165) is 11.1 Å². The van der Waals surface area contributed by atoms with Crippen molar-refractivity contribution < 1.29 is 68.6 Å². The van der Waals surface area contributed by atoms with Gasteiger partial charge in [0.2, 0.25) is 23.7 Å². The molecule has 6 N–H and O–H groups in total. The number of anilines is 8. The lowest BCUT2D eigenvalue weighted by Gasteiger charge is -2.29. The van der Waals surface area contributed by atoms with Crippen molar-refractivity contribution in [3.8, 4) is 11.5 Å². The van der Waals surface area contributed by atoms with Crippen LogP contribution in [0.1, 0.15) is 128 Å². The first-order chi connectivity index (χ1) is 42.0.